The molecule has 76 valence electrons. The first kappa shape index (κ1) is 9.53. The van der Waals surface area contributed by atoms with Gasteiger partial charge in [0.1, 0.15) is 5.75 Å². The highest BCUT2D eigenvalue weighted by Crippen LogP contribution is 2.35. The number of nitrogens with zero attached hydrogens (tertiary/aromatic N) is 1. The van der Waals surface area contributed by atoms with Crippen LogP contribution in [0.15, 0.2) is 18.2 Å². The Hall–Kier alpha value is -1.02. The van der Waals surface area contributed by atoms with E-state index in [2.05, 4.69) is 25.1 Å². The Morgan fingerprint density at radius 2 is 2.21 bits per heavy atom. The molecule has 1 aromatic carbocycles. The van der Waals surface area contributed by atoms with Crippen LogP contribution in [-0.4, -0.2) is 30.6 Å². The molecule has 1 atom stereocenters. The minimum Gasteiger partial charge on any atom is -0.508 e. The monoisotopic (exact) mass is 191 g/mol. The first-order valence-corrected chi connectivity index (χ1v) is 5.13. The molecule has 1 aliphatic carbocycles. The molecule has 0 bridgehead atoms. The molecule has 0 amide bonds. The van der Waals surface area contributed by atoms with Crippen LogP contribution in [0.5, 0.6) is 5.75 Å². The lowest BCUT2D eigenvalue weighted by molar-refractivity contribution is 0.371. The standard InChI is InChI=1S/C12H17NO/c1-13(2)8-10-4-3-9-5-6-11(14)7-12(9)10/h5-7,10,14H,3-4,8H2,1-2H3. The van der Waals surface area contributed by atoms with Crippen molar-refractivity contribution in [2.45, 2.75) is 18.8 Å². The lowest BCUT2D eigenvalue weighted by atomic mass is 10.0. The quantitative estimate of drug-likeness (QED) is 0.772. The Balaban J connectivity index is 2.24. The van der Waals surface area contributed by atoms with Crippen LogP contribution in [0.25, 0.3) is 0 Å². The first-order valence-electron chi connectivity index (χ1n) is 5.13. The molecule has 0 aliphatic heterocycles. The van der Waals surface area contributed by atoms with E-state index in [4.69, 9.17) is 0 Å². The second-order valence-corrected chi connectivity index (χ2v) is 4.38. The summed E-state index contributed by atoms with van der Waals surface area (Å²) in [6, 6.07) is 5.77. The lowest BCUT2D eigenvalue weighted by Crippen LogP contribution is -2.18. The number of aryl methyl sites for hydroxylation is 1. The summed E-state index contributed by atoms with van der Waals surface area (Å²) in [5, 5.41) is 9.43. The van der Waals surface area contributed by atoms with Crippen LogP contribution in [0.4, 0.5) is 0 Å². The van der Waals surface area contributed by atoms with Crippen molar-refractivity contribution >= 4 is 0 Å². The summed E-state index contributed by atoms with van der Waals surface area (Å²) in [6.07, 6.45) is 2.38. The van der Waals surface area contributed by atoms with Gasteiger partial charge < -0.3 is 10.0 Å². The number of benzene rings is 1. The van der Waals surface area contributed by atoms with Crippen LogP contribution in [-0.2, 0) is 6.42 Å². The highest BCUT2D eigenvalue weighted by Gasteiger charge is 2.22. The molecule has 1 aromatic rings. The summed E-state index contributed by atoms with van der Waals surface area (Å²) in [7, 11) is 4.20. The smallest absolute Gasteiger partial charge is 0.115 e. The number of likely N-dealkylation sites (N-methyl/N-ethyl adjacent to an activating group) is 1. The second kappa shape index (κ2) is 3.62. The van der Waals surface area contributed by atoms with E-state index in [-0.39, 0.29) is 0 Å². The van der Waals surface area contributed by atoms with Gasteiger partial charge >= 0.3 is 0 Å². The maximum atomic E-state index is 9.43. The summed E-state index contributed by atoms with van der Waals surface area (Å²) < 4.78 is 0. The van der Waals surface area contributed by atoms with E-state index in [0.717, 1.165) is 13.0 Å². The highest BCUT2D eigenvalue weighted by atomic mass is 16.3. The molecule has 0 fully saturated rings. The Bertz CT molecular complexity index is 333. The second-order valence-electron chi connectivity index (χ2n) is 4.38. The number of rotatable bonds is 2. The van der Waals surface area contributed by atoms with Crippen molar-refractivity contribution in [3.63, 3.8) is 0 Å². The molecule has 0 aromatic heterocycles. The van der Waals surface area contributed by atoms with Crippen LogP contribution in [0.2, 0.25) is 0 Å². The van der Waals surface area contributed by atoms with E-state index in [1.807, 2.05) is 6.07 Å². The van der Waals surface area contributed by atoms with Crippen LogP contribution in [0.3, 0.4) is 0 Å². The predicted octanol–water partition coefficient (Wildman–Crippen LogP) is 1.98. The SMILES string of the molecule is CN(C)CC1CCc2ccc(O)cc21. The summed E-state index contributed by atoms with van der Waals surface area (Å²) in [5.41, 5.74) is 2.76. The Morgan fingerprint density at radius 3 is 2.93 bits per heavy atom. The number of hydrogen-bond donors (Lipinski definition) is 1. The zero-order valence-corrected chi connectivity index (χ0v) is 8.83. The van der Waals surface area contributed by atoms with Gasteiger partial charge in [0.15, 0.2) is 0 Å². The van der Waals surface area contributed by atoms with Gasteiger partial charge in [-0.25, -0.2) is 0 Å². The Morgan fingerprint density at radius 1 is 1.43 bits per heavy atom. The molecular weight excluding hydrogens is 174 g/mol. The third kappa shape index (κ3) is 1.75. The van der Waals surface area contributed by atoms with Gasteiger partial charge in [0, 0.05) is 6.54 Å². The van der Waals surface area contributed by atoms with Crippen molar-refractivity contribution in [1.82, 2.24) is 4.90 Å². The average molecular weight is 191 g/mol. The average Bonchev–Trinajstić information content (AvgIpc) is 2.47. The maximum Gasteiger partial charge on any atom is 0.115 e. The van der Waals surface area contributed by atoms with Gasteiger partial charge in [-0.2, -0.15) is 0 Å². The molecule has 14 heavy (non-hydrogen) atoms. The van der Waals surface area contributed by atoms with Crippen LogP contribution >= 0.6 is 0 Å². The zero-order valence-electron chi connectivity index (χ0n) is 8.83. The normalized spacial score (nSPS) is 20.1. The van der Waals surface area contributed by atoms with E-state index in [0.29, 0.717) is 11.7 Å². The molecule has 1 aliphatic rings. The minimum absolute atomic E-state index is 0.398. The molecule has 0 heterocycles. The molecule has 1 unspecified atom stereocenters. The van der Waals surface area contributed by atoms with Gasteiger partial charge in [-0.15, -0.1) is 0 Å². The Kier molecular flexibility index (Phi) is 2.46. The zero-order chi connectivity index (χ0) is 10.1. The van der Waals surface area contributed by atoms with Crippen molar-refractivity contribution < 1.29 is 5.11 Å². The van der Waals surface area contributed by atoms with Gasteiger partial charge in [-0.1, -0.05) is 6.07 Å². The largest absolute Gasteiger partial charge is 0.508 e. The molecule has 0 spiro atoms. The number of aromatic hydroxyl groups is 1. The fourth-order valence-electron chi connectivity index (χ4n) is 2.31. The minimum atomic E-state index is 0.398. The number of hydrogen-bond acceptors (Lipinski definition) is 2. The van der Waals surface area contributed by atoms with Crippen molar-refractivity contribution in [2.24, 2.45) is 0 Å². The Labute approximate surface area is 85.2 Å². The molecule has 0 saturated heterocycles. The van der Waals surface area contributed by atoms with Crippen LogP contribution in [0.1, 0.15) is 23.5 Å². The number of phenolic OH excluding ortho intramolecular Hbond substituents is 1. The lowest BCUT2D eigenvalue weighted by Gasteiger charge is -2.17. The van der Waals surface area contributed by atoms with Crippen molar-refractivity contribution in [2.75, 3.05) is 20.6 Å². The first-order chi connectivity index (χ1) is 6.66. The molecular formula is C12H17NO. The summed E-state index contributed by atoms with van der Waals surface area (Å²) >= 11 is 0. The topological polar surface area (TPSA) is 23.5 Å². The fraction of sp³-hybridized carbons (Fsp3) is 0.500. The van der Waals surface area contributed by atoms with Crippen LogP contribution in [0, 0.1) is 0 Å². The van der Waals surface area contributed by atoms with E-state index in [9.17, 15) is 5.11 Å². The molecule has 2 rings (SSSR count). The predicted molar refractivity (Wildman–Crippen MR) is 57.7 cm³/mol. The summed E-state index contributed by atoms with van der Waals surface area (Å²) in [5.74, 6) is 1.00. The molecule has 0 saturated carbocycles. The van der Waals surface area contributed by atoms with E-state index in [1.165, 1.54) is 17.5 Å². The van der Waals surface area contributed by atoms with Gasteiger partial charge in [0.25, 0.3) is 0 Å². The van der Waals surface area contributed by atoms with E-state index >= 15 is 0 Å². The highest BCUT2D eigenvalue weighted by molar-refractivity contribution is 5.40. The summed E-state index contributed by atoms with van der Waals surface area (Å²) in [6.45, 7) is 1.08. The third-order valence-electron chi connectivity index (χ3n) is 2.92. The van der Waals surface area contributed by atoms with Gasteiger partial charge in [-0.3, -0.25) is 0 Å². The molecule has 1 N–H and O–H groups in total. The summed E-state index contributed by atoms with van der Waals surface area (Å²) in [4.78, 5) is 2.21. The maximum absolute atomic E-state index is 9.43. The number of phenols is 1. The van der Waals surface area contributed by atoms with Gasteiger partial charge in [0.05, 0.1) is 0 Å². The van der Waals surface area contributed by atoms with Crippen molar-refractivity contribution in [1.29, 1.82) is 0 Å². The van der Waals surface area contributed by atoms with Crippen molar-refractivity contribution in [3.05, 3.63) is 29.3 Å². The molecule has 0 radical (unpaired) electrons. The van der Waals surface area contributed by atoms with E-state index < -0.39 is 0 Å². The van der Waals surface area contributed by atoms with Gasteiger partial charge in [-0.05, 0) is 56.1 Å². The molecule has 2 nitrogen and oxygen atoms in total. The molecule has 2 heteroatoms. The third-order valence-corrected chi connectivity index (χ3v) is 2.92. The number of fused-ring (bicyclic) bond motifs is 1. The van der Waals surface area contributed by atoms with Crippen molar-refractivity contribution in [3.8, 4) is 5.75 Å². The van der Waals surface area contributed by atoms with E-state index in [1.54, 1.807) is 6.07 Å². The van der Waals surface area contributed by atoms with Gasteiger partial charge in [0.2, 0.25) is 0 Å². The fourth-order valence-corrected chi connectivity index (χ4v) is 2.31. The van der Waals surface area contributed by atoms with Crippen LogP contribution < -0.4 is 0 Å².